The predicted molar refractivity (Wildman–Crippen MR) is 130 cm³/mol. The zero-order valence-electron chi connectivity index (χ0n) is 19.8. The standard InChI is InChI=1S/C28H42N2O/c1-3-4-5-6-7-8-11-30-20-24(26-15-25(31-2)9-10-27(26)30)19-29-28-16-21-12-22(17-28)14-23(13-21)18-28/h9-10,15,20-23,29H,3-8,11-14,16-19H2,1-2H3. The molecule has 31 heavy (non-hydrogen) atoms. The summed E-state index contributed by atoms with van der Waals surface area (Å²) in [5, 5.41) is 5.50. The van der Waals surface area contributed by atoms with Crippen LogP contribution in [0.25, 0.3) is 10.9 Å². The van der Waals surface area contributed by atoms with Crippen molar-refractivity contribution in [2.45, 2.75) is 103 Å². The van der Waals surface area contributed by atoms with E-state index in [0.717, 1.165) is 36.6 Å². The Morgan fingerprint density at radius 2 is 1.65 bits per heavy atom. The van der Waals surface area contributed by atoms with Crippen molar-refractivity contribution in [3.05, 3.63) is 30.0 Å². The molecule has 0 atom stereocenters. The fourth-order valence-corrected chi connectivity index (χ4v) is 7.48. The van der Waals surface area contributed by atoms with Crippen LogP contribution in [0.15, 0.2) is 24.4 Å². The molecule has 2 aromatic rings. The Morgan fingerprint density at radius 1 is 0.968 bits per heavy atom. The summed E-state index contributed by atoms with van der Waals surface area (Å²) in [7, 11) is 1.78. The summed E-state index contributed by atoms with van der Waals surface area (Å²) in [6.07, 6.45) is 19.3. The van der Waals surface area contributed by atoms with E-state index in [0.29, 0.717) is 5.54 Å². The highest BCUT2D eigenvalue weighted by molar-refractivity contribution is 5.85. The summed E-state index contributed by atoms with van der Waals surface area (Å²) < 4.78 is 8.08. The van der Waals surface area contributed by atoms with E-state index >= 15 is 0 Å². The van der Waals surface area contributed by atoms with Gasteiger partial charge in [-0.1, -0.05) is 39.0 Å². The Bertz CT molecular complexity index is 847. The molecular formula is C28H42N2O. The van der Waals surface area contributed by atoms with Gasteiger partial charge in [-0.3, -0.25) is 0 Å². The van der Waals surface area contributed by atoms with Crippen molar-refractivity contribution < 1.29 is 4.74 Å². The average Bonchev–Trinajstić information content (AvgIpc) is 3.11. The number of hydrogen-bond donors (Lipinski definition) is 1. The monoisotopic (exact) mass is 422 g/mol. The third-order valence-corrected chi connectivity index (χ3v) is 8.62. The minimum absolute atomic E-state index is 0.418. The highest BCUT2D eigenvalue weighted by Gasteiger charge is 2.50. The van der Waals surface area contributed by atoms with Gasteiger partial charge in [0.1, 0.15) is 5.75 Å². The van der Waals surface area contributed by atoms with Crippen molar-refractivity contribution >= 4 is 10.9 Å². The maximum Gasteiger partial charge on any atom is 0.119 e. The van der Waals surface area contributed by atoms with Crippen LogP contribution >= 0.6 is 0 Å². The van der Waals surface area contributed by atoms with Gasteiger partial charge in [-0.25, -0.2) is 0 Å². The van der Waals surface area contributed by atoms with E-state index in [1.807, 2.05) is 0 Å². The van der Waals surface area contributed by atoms with Crippen molar-refractivity contribution in [1.29, 1.82) is 0 Å². The summed E-state index contributed by atoms with van der Waals surface area (Å²) in [6.45, 7) is 4.42. The smallest absolute Gasteiger partial charge is 0.119 e. The summed E-state index contributed by atoms with van der Waals surface area (Å²) in [6, 6.07) is 6.64. The first-order chi connectivity index (χ1) is 15.2. The van der Waals surface area contributed by atoms with Gasteiger partial charge in [0.15, 0.2) is 0 Å². The van der Waals surface area contributed by atoms with Crippen LogP contribution in [0.1, 0.15) is 89.5 Å². The maximum absolute atomic E-state index is 5.57. The number of methoxy groups -OCH3 is 1. The van der Waals surface area contributed by atoms with Crippen LogP contribution in [-0.2, 0) is 13.1 Å². The Morgan fingerprint density at radius 3 is 2.32 bits per heavy atom. The Hall–Kier alpha value is -1.48. The molecule has 0 unspecified atom stereocenters. The number of hydrogen-bond acceptors (Lipinski definition) is 2. The lowest BCUT2D eigenvalue weighted by Gasteiger charge is -2.57. The maximum atomic E-state index is 5.57. The predicted octanol–water partition coefficient (Wildman–Crippen LogP) is 7.07. The van der Waals surface area contributed by atoms with Crippen LogP contribution in [0.5, 0.6) is 5.75 Å². The van der Waals surface area contributed by atoms with E-state index in [1.54, 1.807) is 7.11 Å². The lowest BCUT2D eigenvalue weighted by molar-refractivity contribution is -0.0205. The van der Waals surface area contributed by atoms with Gasteiger partial charge >= 0.3 is 0 Å². The number of nitrogens with zero attached hydrogens (tertiary/aromatic N) is 1. The zero-order chi connectivity index (χ0) is 21.3. The van der Waals surface area contributed by atoms with Gasteiger partial charge in [0.25, 0.3) is 0 Å². The van der Waals surface area contributed by atoms with E-state index in [1.165, 1.54) is 93.5 Å². The second kappa shape index (κ2) is 9.17. The van der Waals surface area contributed by atoms with Gasteiger partial charge in [0.05, 0.1) is 7.11 Å². The molecular weight excluding hydrogens is 380 g/mol. The molecule has 0 amide bonds. The normalized spacial score (nSPS) is 29.2. The molecule has 4 bridgehead atoms. The SMILES string of the molecule is CCCCCCCCn1cc(CNC23CC4CC(CC(C4)C2)C3)c2cc(OC)ccc21. The molecule has 1 aromatic carbocycles. The molecule has 4 saturated carbocycles. The Kier molecular flexibility index (Phi) is 6.32. The molecule has 0 saturated heterocycles. The van der Waals surface area contributed by atoms with Gasteiger partial charge in [-0.05, 0) is 86.5 Å². The number of ether oxygens (including phenoxy) is 1. The van der Waals surface area contributed by atoms with E-state index < -0.39 is 0 Å². The fourth-order valence-electron chi connectivity index (χ4n) is 7.48. The van der Waals surface area contributed by atoms with Gasteiger partial charge < -0.3 is 14.6 Å². The highest BCUT2D eigenvalue weighted by atomic mass is 16.5. The Balaban J connectivity index is 1.29. The average molecular weight is 423 g/mol. The molecule has 6 rings (SSSR count). The second-order valence-corrected chi connectivity index (χ2v) is 11.1. The molecule has 3 heteroatoms. The summed E-state index contributed by atoms with van der Waals surface area (Å²) in [4.78, 5) is 0. The zero-order valence-corrected chi connectivity index (χ0v) is 19.8. The molecule has 4 fully saturated rings. The molecule has 0 aliphatic heterocycles. The van der Waals surface area contributed by atoms with E-state index in [2.05, 4.69) is 41.2 Å². The number of aryl methyl sites for hydroxylation is 1. The molecule has 0 radical (unpaired) electrons. The fraction of sp³-hybridized carbons (Fsp3) is 0.714. The van der Waals surface area contributed by atoms with E-state index in [-0.39, 0.29) is 0 Å². The van der Waals surface area contributed by atoms with Gasteiger partial charge in [-0.15, -0.1) is 0 Å². The number of fused-ring (bicyclic) bond motifs is 1. The van der Waals surface area contributed by atoms with Crippen molar-refractivity contribution in [3.8, 4) is 5.75 Å². The molecule has 4 aliphatic rings. The van der Waals surface area contributed by atoms with Crippen molar-refractivity contribution in [2.75, 3.05) is 7.11 Å². The second-order valence-electron chi connectivity index (χ2n) is 11.1. The summed E-state index contributed by atoms with van der Waals surface area (Å²) in [5.74, 6) is 3.95. The largest absolute Gasteiger partial charge is 0.497 e. The van der Waals surface area contributed by atoms with Crippen LogP contribution < -0.4 is 10.1 Å². The molecule has 1 aromatic heterocycles. The molecule has 3 nitrogen and oxygen atoms in total. The number of unbranched alkanes of at least 4 members (excludes halogenated alkanes) is 5. The molecule has 4 aliphatic carbocycles. The van der Waals surface area contributed by atoms with Crippen LogP contribution in [0.2, 0.25) is 0 Å². The first-order valence-corrected chi connectivity index (χ1v) is 13.1. The number of benzene rings is 1. The number of rotatable bonds is 11. The third kappa shape index (κ3) is 4.53. The Labute approximate surface area is 188 Å². The minimum atomic E-state index is 0.418. The third-order valence-electron chi connectivity index (χ3n) is 8.62. The topological polar surface area (TPSA) is 26.2 Å². The first kappa shape index (κ1) is 21.4. The number of nitrogens with one attached hydrogen (secondary N) is 1. The van der Waals surface area contributed by atoms with Gasteiger partial charge in [0.2, 0.25) is 0 Å². The molecule has 1 heterocycles. The van der Waals surface area contributed by atoms with Crippen LogP contribution in [0, 0.1) is 17.8 Å². The minimum Gasteiger partial charge on any atom is -0.497 e. The highest BCUT2D eigenvalue weighted by Crippen LogP contribution is 2.55. The van der Waals surface area contributed by atoms with Crippen molar-refractivity contribution in [2.24, 2.45) is 17.8 Å². The lowest BCUT2D eigenvalue weighted by Crippen LogP contribution is -2.58. The first-order valence-electron chi connectivity index (χ1n) is 13.1. The van der Waals surface area contributed by atoms with Crippen LogP contribution in [0.3, 0.4) is 0 Å². The van der Waals surface area contributed by atoms with E-state index in [4.69, 9.17) is 4.74 Å². The molecule has 1 N–H and O–H groups in total. The quantitative estimate of drug-likeness (QED) is 0.392. The summed E-state index contributed by atoms with van der Waals surface area (Å²) >= 11 is 0. The molecule has 170 valence electrons. The molecule has 0 spiro atoms. The van der Waals surface area contributed by atoms with Gasteiger partial charge in [0, 0.05) is 35.7 Å². The van der Waals surface area contributed by atoms with E-state index in [9.17, 15) is 0 Å². The van der Waals surface area contributed by atoms with Crippen LogP contribution in [0.4, 0.5) is 0 Å². The van der Waals surface area contributed by atoms with Crippen molar-refractivity contribution in [3.63, 3.8) is 0 Å². The summed E-state index contributed by atoms with van der Waals surface area (Å²) in [5.41, 5.74) is 3.24. The number of aromatic nitrogens is 1. The lowest BCUT2D eigenvalue weighted by atomic mass is 9.53. The van der Waals surface area contributed by atoms with Gasteiger partial charge in [-0.2, -0.15) is 0 Å². The van der Waals surface area contributed by atoms with Crippen LogP contribution in [-0.4, -0.2) is 17.2 Å². The van der Waals surface area contributed by atoms with Crippen molar-refractivity contribution in [1.82, 2.24) is 9.88 Å².